The normalized spacial score (nSPS) is 14.3. The van der Waals surface area contributed by atoms with E-state index in [2.05, 4.69) is 65.5 Å². The predicted molar refractivity (Wildman–Crippen MR) is 145 cm³/mol. The van der Waals surface area contributed by atoms with Crippen LogP contribution in [0.3, 0.4) is 0 Å². The van der Waals surface area contributed by atoms with Gasteiger partial charge in [0.05, 0.1) is 31.3 Å². The van der Waals surface area contributed by atoms with Gasteiger partial charge in [-0.05, 0) is 65.9 Å². The molecule has 2 heterocycles. The summed E-state index contributed by atoms with van der Waals surface area (Å²) in [5, 5.41) is 3.08. The first-order chi connectivity index (χ1) is 18.1. The molecule has 6 heteroatoms. The van der Waals surface area contributed by atoms with Crippen molar-refractivity contribution in [3.8, 4) is 5.69 Å². The topological polar surface area (TPSA) is 63.6 Å². The Labute approximate surface area is 217 Å². The van der Waals surface area contributed by atoms with Gasteiger partial charge in [0.15, 0.2) is 0 Å². The molecule has 6 nitrogen and oxygen atoms in total. The number of para-hydroxylation sites is 1. The molecule has 188 valence electrons. The van der Waals surface area contributed by atoms with E-state index < -0.39 is 0 Å². The second-order valence-corrected chi connectivity index (χ2v) is 9.17. The van der Waals surface area contributed by atoms with Gasteiger partial charge in [-0.25, -0.2) is 4.79 Å². The van der Waals surface area contributed by atoms with Crippen molar-refractivity contribution in [1.29, 1.82) is 0 Å². The Bertz CT molecular complexity index is 1390. The van der Waals surface area contributed by atoms with Crippen molar-refractivity contribution in [3.63, 3.8) is 0 Å². The van der Waals surface area contributed by atoms with E-state index in [1.54, 1.807) is 6.92 Å². The second-order valence-electron chi connectivity index (χ2n) is 9.17. The number of fused-ring (bicyclic) bond motifs is 3. The van der Waals surface area contributed by atoms with E-state index in [4.69, 9.17) is 4.74 Å². The summed E-state index contributed by atoms with van der Waals surface area (Å²) in [6.45, 7) is 4.75. The number of aryl methyl sites for hydroxylation is 1. The summed E-state index contributed by atoms with van der Waals surface area (Å²) in [4.78, 5) is 27.5. The minimum absolute atomic E-state index is 0.188. The van der Waals surface area contributed by atoms with E-state index in [9.17, 15) is 9.59 Å². The average molecular weight is 494 g/mol. The molecule has 0 radical (unpaired) electrons. The molecule has 37 heavy (non-hydrogen) atoms. The fourth-order valence-corrected chi connectivity index (χ4v) is 4.91. The van der Waals surface area contributed by atoms with Gasteiger partial charge in [-0.3, -0.25) is 4.79 Å². The largest absolute Gasteiger partial charge is 0.466 e. The Kier molecular flexibility index (Phi) is 7.08. The van der Waals surface area contributed by atoms with E-state index in [-0.39, 0.29) is 24.5 Å². The van der Waals surface area contributed by atoms with Crippen molar-refractivity contribution in [2.45, 2.75) is 39.3 Å². The lowest BCUT2D eigenvalue weighted by Gasteiger charge is -2.31. The van der Waals surface area contributed by atoms with Crippen LogP contribution in [0, 0.1) is 0 Å². The Balaban J connectivity index is 1.48. The van der Waals surface area contributed by atoms with Gasteiger partial charge in [-0.2, -0.15) is 0 Å². The Hall–Kier alpha value is -4.32. The highest BCUT2D eigenvalue weighted by Crippen LogP contribution is 2.37. The van der Waals surface area contributed by atoms with Crippen LogP contribution in [0.15, 0.2) is 91.1 Å². The maximum atomic E-state index is 13.8. The van der Waals surface area contributed by atoms with Gasteiger partial charge in [-0.15, -0.1) is 0 Å². The summed E-state index contributed by atoms with van der Waals surface area (Å²) in [6, 6.07) is 27.7. The number of ether oxygens (including phenoxy) is 1. The number of urea groups is 1. The SMILES string of the molecule is CCOC(=O)Cc1ccc(NC(=O)N2Cc3ccccc3-n3cccc3C2c2ccc(CC)cc2)cc1. The summed E-state index contributed by atoms with van der Waals surface area (Å²) in [5.74, 6) is -0.262. The zero-order valence-electron chi connectivity index (χ0n) is 21.2. The average Bonchev–Trinajstić information content (AvgIpc) is 3.34. The molecule has 0 spiro atoms. The number of rotatable bonds is 6. The molecule has 1 aliphatic rings. The summed E-state index contributed by atoms with van der Waals surface area (Å²) in [5.41, 5.74) is 7.02. The molecular formula is C31H31N3O3. The standard InChI is InChI=1S/C31H31N3O3/c1-3-22-11-15-24(16-12-22)30-28-10-7-19-33(28)27-9-6-5-8-25(27)21-34(30)31(36)32-26-17-13-23(14-18-26)20-29(35)37-4-2/h5-19,30H,3-4,20-21H2,1-2H3,(H,32,36). The summed E-state index contributed by atoms with van der Waals surface area (Å²) in [6.07, 6.45) is 3.23. The summed E-state index contributed by atoms with van der Waals surface area (Å²) < 4.78 is 7.22. The number of nitrogens with one attached hydrogen (secondary N) is 1. The van der Waals surface area contributed by atoms with Gasteiger partial charge < -0.3 is 19.5 Å². The molecule has 1 unspecified atom stereocenters. The van der Waals surface area contributed by atoms with Crippen molar-refractivity contribution < 1.29 is 14.3 Å². The molecule has 1 aromatic heterocycles. The van der Waals surface area contributed by atoms with Gasteiger partial charge in [0.1, 0.15) is 0 Å². The molecule has 3 aromatic carbocycles. The third-order valence-electron chi connectivity index (χ3n) is 6.79. The molecule has 0 saturated carbocycles. The number of amides is 2. The smallest absolute Gasteiger partial charge is 0.322 e. The first-order valence-corrected chi connectivity index (χ1v) is 12.7. The van der Waals surface area contributed by atoms with Crippen molar-refractivity contribution in [3.05, 3.63) is 119 Å². The first kappa shape index (κ1) is 24.4. The third kappa shape index (κ3) is 5.14. The Morgan fingerprint density at radius 3 is 2.35 bits per heavy atom. The third-order valence-corrected chi connectivity index (χ3v) is 6.79. The maximum absolute atomic E-state index is 13.8. The van der Waals surface area contributed by atoms with E-state index in [0.29, 0.717) is 18.8 Å². The highest BCUT2D eigenvalue weighted by Gasteiger charge is 2.33. The van der Waals surface area contributed by atoms with Gasteiger partial charge in [-0.1, -0.05) is 61.5 Å². The van der Waals surface area contributed by atoms with Crippen LogP contribution >= 0.6 is 0 Å². The summed E-state index contributed by atoms with van der Waals surface area (Å²) >= 11 is 0. The lowest BCUT2D eigenvalue weighted by atomic mass is 10.00. The number of hydrogen-bond acceptors (Lipinski definition) is 3. The number of carbonyl (C=O) groups excluding carboxylic acids is 2. The molecule has 4 aromatic rings. The van der Waals surface area contributed by atoms with Gasteiger partial charge in [0, 0.05) is 17.6 Å². The van der Waals surface area contributed by atoms with Gasteiger partial charge in [0.2, 0.25) is 0 Å². The number of anilines is 1. The second kappa shape index (κ2) is 10.7. The monoisotopic (exact) mass is 493 g/mol. The van der Waals surface area contributed by atoms with Crippen molar-refractivity contribution >= 4 is 17.7 Å². The van der Waals surface area contributed by atoms with Crippen LogP contribution in [0.1, 0.15) is 47.8 Å². The zero-order valence-corrected chi connectivity index (χ0v) is 21.2. The van der Waals surface area contributed by atoms with Crippen LogP contribution < -0.4 is 5.32 Å². The quantitative estimate of drug-likeness (QED) is 0.322. The Morgan fingerprint density at radius 2 is 1.62 bits per heavy atom. The minimum Gasteiger partial charge on any atom is -0.466 e. The van der Waals surface area contributed by atoms with Crippen LogP contribution in [-0.4, -0.2) is 28.1 Å². The fraction of sp³-hybridized carbons (Fsp3) is 0.226. The van der Waals surface area contributed by atoms with E-state index >= 15 is 0 Å². The molecule has 0 saturated heterocycles. The lowest BCUT2D eigenvalue weighted by molar-refractivity contribution is -0.142. The fourth-order valence-electron chi connectivity index (χ4n) is 4.91. The predicted octanol–water partition coefficient (Wildman–Crippen LogP) is 6.28. The van der Waals surface area contributed by atoms with Crippen LogP contribution in [0.4, 0.5) is 10.5 Å². The van der Waals surface area contributed by atoms with Crippen molar-refractivity contribution in [2.24, 2.45) is 0 Å². The molecule has 1 atom stereocenters. The van der Waals surface area contributed by atoms with E-state index in [1.165, 1.54) is 5.56 Å². The van der Waals surface area contributed by atoms with Gasteiger partial charge >= 0.3 is 12.0 Å². The number of benzene rings is 3. The molecule has 5 rings (SSSR count). The highest BCUT2D eigenvalue weighted by atomic mass is 16.5. The molecular weight excluding hydrogens is 462 g/mol. The maximum Gasteiger partial charge on any atom is 0.322 e. The number of carbonyl (C=O) groups is 2. The van der Waals surface area contributed by atoms with E-state index in [0.717, 1.165) is 34.5 Å². The number of aromatic nitrogens is 1. The number of nitrogens with zero attached hydrogens (tertiary/aromatic N) is 2. The highest BCUT2D eigenvalue weighted by molar-refractivity contribution is 5.90. The van der Waals surface area contributed by atoms with Gasteiger partial charge in [0.25, 0.3) is 0 Å². The molecule has 0 aliphatic carbocycles. The Morgan fingerprint density at radius 1 is 0.892 bits per heavy atom. The zero-order chi connectivity index (χ0) is 25.8. The molecule has 1 aliphatic heterocycles. The minimum atomic E-state index is -0.267. The van der Waals surface area contributed by atoms with Crippen molar-refractivity contribution in [1.82, 2.24) is 9.47 Å². The first-order valence-electron chi connectivity index (χ1n) is 12.7. The molecule has 0 bridgehead atoms. The molecule has 2 amide bonds. The van der Waals surface area contributed by atoms with Crippen LogP contribution in [0.5, 0.6) is 0 Å². The summed E-state index contributed by atoms with van der Waals surface area (Å²) in [7, 11) is 0. The number of hydrogen-bond donors (Lipinski definition) is 1. The molecule has 1 N–H and O–H groups in total. The number of esters is 1. The lowest BCUT2D eigenvalue weighted by Crippen LogP contribution is -2.37. The van der Waals surface area contributed by atoms with E-state index in [1.807, 2.05) is 47.4 Å². The van der Waals surface area contributed by atoms with Crippen LogP contribution in [0.2, 0.25) is 0 Å². The van der Waals surface area contributed by atoms with Crippen LogP contribution in [-0.2, 0) is 28.9 Å². The van der Waals surface area contributed by atoms with Crippen molar-refractivity contribution in [2.75, 3.05) is 11.9 Å². The van der Waals surface area contributed by atoms with Crippen LogP contribution in [0.25, 0.3) is 5.69 Å². The molecule has 0 fully saturated rings.